The third kappa shape index (κ3) is 3.80. The zero-order valence-electron chi connectivity index (χ0n) is 12.5. The number of benzene rings is 1. The van der Waals surface area contributed by atoms with Crippen LogP contribution in [-0.4, -0.2) is 20.5 Å². The number of nitrogens with zero attached hydrogens (tertiary/aromatic N) is 3. The van der Waals surface area contributed by atoms with Crippen LogP contribution in [0.15, 0.2) is 24.8 Å². The molecule has 0 saturated heterocycles. The molecule has 0 saturated carbocycles. The summed E-state index contributed by atoms with van der Waals surface area (Å²) in [6.45, 7) is 5.60. The first kappa shape index (κ1) is 17.3. The lowest BCUT2D eigenvalue weighted by molar-refractivity contribution is -0.130. The lowest BCUT2D eigenvalue weighted by Gasteiger charge is -2.25. The number of carbonyl (C=O) groups excluding carboxylic acids is 1. The van der Waals surface area contributed by atoms with Crippen LogP contribution in [0.25, 0.3) is 0 Å². The Morgan fingerprint density at radius 1 is 1.27 bits per heavy atom. The van der Waals surface area contributed by atoms with Gasteiger partial charge in [0.2, 0.25) is 0 Å². The zero-order valence-corrected chi connectivity index (χ0v) is 14.7. The van der Waals surface area contributed by atoms with Crippen molar-refractivity contribution in [2.75, 3.05) is 0 Å². The quantitative estimate of drug-likeness (QED) is 0.746. The summed E-state index contributed by atoms with van der Waals surface area (Å²) < 4.78 is 1.54. The molecule has 0 amide bonds. The molecule has 1 heterocycles. The van der Waals surface area contributed by atoms with Crippen molar-refractivity contribution in [2.45, 2.75) is 33.2 Å². The molecule has 0 aliphatic carbocycles. The van der Waals surface area contributed by atoms with E-state index in [1.807, 2.05) is 20.8 Å². The molecule has 0 radical (unpaired) electrons. The Bertz CT molecular complexity index is 678. The Morgan fingerprint density at radius 3 is 2.50 bits per heavy atom. The Labute approximate surface area is 144 Å². The number of halogens is 3. The molecule has 0 spiro atoms. The number of Topliss-reactive ketones (excluding diaryl/α,β-unsaturated/α-hetero) is 1. The van der Waals surface area contributed by atoms with Crippen molar-refractivity contribution >= 4 is 40.6 Å². The monoisotopic (exact) mass is 359 g/mol. The van der Waals surface area contributed by atoms with E-state index in [2.05, 4.69) is 10.1 Å². The van der Waals surface area contributed by atoms with E-state index in [0.717, 1.165) is 0 Å². The van der Waals surface area contributed by atoms with E-state index in [4.69, 9.17) is 34.8 Å². The molecule has 1 aromatic heterocycles. The van der Waals surface area contributed by atoms with Gasteiger partial charge in [0.1, 0.15) is 18.7 Å². The third-order valence-corrected chi connectivity index (χ3v) is 4.34. The fraction of sp³-hybridized carbons (Fsp3) is 0.400. The lowest BCUT2D eigenvalue weighted by Crippen LogP contribution is -2.32. The number of aromatic nitrogens is 3. The fourth-order valence-electron chi connectivity index (χ4n) is 2.15. The van der Waals surface area contributed by atoms with Gasteiger partial charge in [0.15, 0.2) is 5.78 Å². The minimum atomic E-state index is -0.522. The van der Waals surface area contributed by atoms with Crippen LogP contribution in [0.2, 0.25) is 15.1 Å². The third-order valence-electron chi connectivity index (χ3n) is 3.28. The topological polar surface area (TPSA) is 47.8 Å². The second kappa shape index (κ2) is 6.57. The van der Waals surface area contributed by atoms with E-state index in [1.165, 1.54) is 12.7 Å². The van der Waals surface area contributed by atoms with E-state index in [1.54, 1.807) is 16.8 Å². The van der Waals surface area contributed by atoms with Gasteiger partial charge in [-0.1, -0.05) is 55.6 Å². The molecule has 0 fully saturated rings. The van der Waals surface area contributed by atoms with Crippen molar-refractivity contribution in [1.82, 2.24) is 14.8 Å². The molecule has 0 aliphatic rings. The summed E-state index contributed by atoms with van der Waals surface area (Å²) in [6, 6.07) is 2.77. The lowest BCUT2D eigenvalue weighted by atomic mass is 9.84. The van der Waals surface area contributed by atoms with Gasteiger partial charge in [-0.15, -0.1) is 0 Å². The summed E-state index contributed by atoms with van der Waals surface area (Å²) in [5.74, 6) is 0.0326. The van der Waals surface area contributed by atoms with E-state index in [-0.39, 0.29) is 5.78 Å². The van der Waals surface area contributed by atoms with Gasteiger partial charge in [0, 0.05) is 16.9 Å². The van der Waals surface area contributed by atoms with Crippen LogP contribution in [0.5, 0.6) is 0 Å². The molecule has 118 valence electrons. The molecular formula is C15H16Cl3N3O. The molecule has 2 aromatic rings. The van der Waals surface area contributed by atoms with Crippen LogP contribution in [0, 0.1) is 5.41 Å². The predicted molar refractivity (Wildman–Crippen MR) is 88.7 cm³/mol. The first-order valence-electron chi connectivity index (χ1n) is 6.72. The first-order valence-corrected chi connectivity index (χ1v) is 7.85. The Balaban J connectivity index is 2.42. The van der Waals surface area contributed by atoms with Crippen LogP contribution in [0.1, 0.15) is 32.4 Å². The first-order chi connectivity index (χ1) is 10.2. The van der Waals surface area contributed by atoms with Crippen molar-refractivity contribution in [3.63, 3.8) is 0 Å². The van der Waals surface area contributed by atoms with Crippen LogP contribution in [-0.2, 0) is 11.2 Å². The number of rotatable bonds is 4. The molecule has 4 nitrogen and oxygen atoms in total. The number of ketones is 1. The highest BCUT2D eigenvalue weighted by Gasteiger charge is 2.32. The van der Waals surface area contributed by atoms with Gasteiger partial charge in [-0.3, -0.25) is 4.79 Å². The fourth-order valence-corrected chi connectivity index (χ4v) is 2.87. The molecule has 1 atom stereocenters. The summed E-state index contributed by atoms with van der Waals surface area (Å²) in [5, 5.41) is 5.34. The van der Waals surface area contributed by atoms with Crippen molar-refractivity contribution in [2.24, 2.45) is 5.41 Å². The van der Waals surface area contributed by atoms with Crippen molar-refractivity contribution in [3.8, 4) is 0 Å². The Morgan fingerprint density at radius 2 is 1.95 bits per heavy atom. The SMILES string of the molecule is CC(C)(C)C(=O)C(Cc1cc(Cl)cc(Cl)c1Cl)n1cncn1. The molecule has 1 aromatic carbocycles. The minimum Gasteiger partial charge on any atom is -0.297 e. The number of carbonyl (C=O) groups is 1. The van der Waals surface area contributed by atoms with Crippen LogP contribution >= 0.6 is 34.8 Å². The summed E-state index contributed by atoms with van der Waals surface area (Å²) in [4.78, 5) is 16.7. The molecular weight excluding hydrogens is 345 g/mol. The van der Waals surface area contributed by atoms with Gasteiger partial charge >= 0.3 is 0 Å². The predicted octanol–water partition coefficient (Wildman–Crippen LogP) is 4.64. The van der Waals surface area contributed by atoms with Crippen molar-refractivity contribution in [3.05, 3.63) is 45.4 Å². The number of hydrogen-bond donors (Lipinski definition) is 0. The number of hydrogen-bond acceptors (Lipinski definition) is 3. The van der Waals surface area contributed by atoms with Gasteiger partial charge < -0.3 is 0 Å². The Hall–Kier alpha value is -1.10. The normalized spacial score (nSPS) is 13.2. The molecule has 22 heavy (non-hydrogen) atoms. The summed E-state index contributed by atoms with van der Waals surface area (Å²) in [7, 11) is 0. The molecule has 7 heteroatoms. The average molecular weight is 361 g/mol. The summed E-state index contributed by atoms with van der Waals surface area (Å²) in [6.07, 6.45) is 3.27. The molecule has 0 aliphatic heterocycles. The van der Waals surface area contributed by atoms with Crippen LogP contribution in [0.4, 0.5) is 0 Å². The van der Waals surface area contributed by atoms with Crippen LogP contribution in [0.3, 0.4) is 0 Å². The zero-order chi connectivity index (χ0) is 16.5. The van der Waals surface area contributed by atoms with Crippen LogP contribution < -0.4 is 0 Å². The van der Waals surface area contributed by atoms with Gasteiger partial charge in [0.05, 0.1) is 10.0 Å². The van der Waals surface area contributed by atoms with E-state index in [9.17, 15) is 4.79 Å². The minimum absolute atomic E-state index is 0.0326. The maximum Gasteiger partial charge on any atom is 0.163 e. The van der Waals surface area contributed by atoms with Gasteiger partial charge in [-0.25, -0.2) is 9.67 Å². The highest BCUT2D eigenvalue weighted by molar-refractivity contribution is 6.43. The molecule has 1 unspecified atom stereocenters. The Kier molecular flexibility index (Phi) is 5.15. The van der Waals surface area contributed by atoms with E-state index in [0.29, 0.717) is 27.1 Å². The van der Waals surface area contributed by atoms with Crippen molar-refractivity contribution < 1.29 is 4.79 Å². The maximum atomic E-state index is 12.8. The second-order valence-electron chi connectivity index (χ2n) is 6.07. The second-order valence-corrected chi connectivity index (χ2v) is 7.29. The van der Waals surface area contributed by atoms with Crippen molar-refractivity contribution in [1.29, 1.82) is 0 Å². The van der Waals surface area contributed by atoms with E-state index < -0.39 is 11.5 Å². The van der Waals surface area contributed by atoms with Gasteiger partial charge in [-0.2, -0.15) is 5.10 Å². The molecule has 0 bridgehead atoms. The van der Waals surface area contributed by atoms with Gasteiger partial charge in [-0.05, 0) is 17.7 Å². The maximum absolute atomic E-state index is 12.8. The molecule has 0 N–H and O–H groups in total. The summed E-state index contributed by atoms with van der Waals surface area (Å²) >= 11 is 18.3. The summed E-state index contributed by atoms with van der Waals surface area (Å²) in [5.41, 5.74) is 0.183. The standard InChI is InChI=1S/C15H16Cl3N3O/c1-15(2,3)14(22)12(21-8-19-7-20-21)5-9-4-10(16)6-11(17)13(9)18/h4,6-8,12H,5H2,1-3H3. The average Bonchev–Trinajstić information content (AvgIpc) is 2.93. The van der Waals surface area contributed by atoms with E-state index >= 15 is 0 Å². The largest absolute Gasteiger partial charge is 0.297 e. The highest BCUT2D eigenvalue weighted by atomic mass is 35.5. The van der Waals surface area contributed by atoms with Gasteiger partial charge in [0.25, 0.3) is 0 Å². The highest BCUT2D eigenvalue weighted by Crippen LogP contribution is 2.33. The smallest absolute Gasteiger partial charge is 0.163 e. The molecule has 2 rings (SSSR count).